The molecular formula is C34H64N2O8. The fourth-order valence-corrected chi connectivity index (χ4v) is 4.23. The van der Waals surface area contributed by atoms with Crippen LogP contribution < -0.4 is 5.32 Å². The van der Waals surface area contributed by atoms with Crippen molar-refractivity contribution in [2.75, 3.05) is 53.3 Å². The van der Waals surface area contributed by atoms with Crippen molar-refractivity contribution in [1.29, 1.82) is 0 Å². The second-order valence-electron chi connectivity index (χ2n) is 13.9. The van der Waals surface area contributed by atoms with Gasteiger partial charge in [-0.1, -0.05) is 41.5 Å². The lowest BCUT2D eigenvalue weighted by Gasteiger charge is -2.39. The molecule has 258 valence electrons. The van der Waals surface area contributed by atoms with E-state index in [1.54, 1.807) is 0 Å². The quantitative estimate of drug-likeness (QED) is 0.137. The van der Waals surface area contributed by atoms with Gasteiger partial charge in [0, 0.05) is 48.6 Å². The number of carbonyl (C=O) groups is 4. The molecule has 0 rings (SSSR count). The Balaban J connectivity index is 5.70. The molecule has 0 saturated carbocycles. The van der Waals surface area contributed by atoms with Crippen molar-refractivity contribution in [2.45, 2.75) is 125 Å². The van der Waals surface area contributed by atoms with Crippen LogP contribution in [-0.2, 0) is 38.1 Å². The molecular weight excluding hydrogens is 564 g/mol. The Hall–Kier alpha value is -1.72. The molecule has 0 heterocycles. The first-order chi connectivity index (χ1) is 20.3. The van der Waals surface area contributed by atoms with Gasteiger partial charge in [-0.05, 0) is 41.7 Å². The van der Waals surface area contributed by atoms with Gasteiger partial charge in [0.25, 0.3) is 0 Å². The maximum Gasteiger partial charge on any atom is 0.223 e. The monoisotopic (exact) mass is 628 g/mol. The minimum atomic E-state index is -1.10. The highest BCUT2D eigenvalue weighted by molar-refractivity contribution is 5.81. The first-order valence-corrected chi connectivity index (χ1v) is 16.3. The van der Waals surface area contributed by atoms with Gasteiger partial charge in [-0.25, -0.2) is 0 Å². The Morgan fingerprint density at radius 2 is 1.00 bits per heavy atom. The Bertz CT molecular complexity index is 800. The van der Waals surface area contributed by atoms with Gasteiger partial charge in [-0.15, -0.1) is 0 Å². The molecule has 0 aromatic heterocycles. The van der Waals surface area contributed by atoms with Gasteiger partial charge in [0.15, 0.2) is 0 Å². The summed E-state index contributed by atoms with van der Waals surface area (Å²) in [6.07, 6.45) is 0.501. The van der Waals surface area contributed by atoms with Crippen molar-refractivity contribution in [1.82, 2.24) is 10.2 Å². The van der Waals surface area contributed by atoms with Crippen LogP contribution in [0.4, 0.5) is 0 Å². The number of ether oxygens (including phenoxy) is 4. The minimum Gasteiger partial charge on any atom is -0.378 e. The molecule has 0 bridgehead atoms. The van der Waals surface area contributed by atoms with Gasteiger partial charge in [0.2, 0.25) is 5.91 Å². The van der Waals surface area contributed by atoms with Crippen LogP contribution in [0.3, 0.4) is 0 Å². The van der Waals surface area contributed by atoms with Crippen LogP contribution in [-0.4, -0.2) is 105 Å². The summed E-state index contributed by atoms with van der Waals surface area (Å²) < 4.78 is 23.9. The molecule has 0 aromatic rings. The largest absolute Gasteiger partial charge is 0.378 e. The van der Waals surface area contributed by atoms with Crippen molar-refractivity contribution in [3.63, 3.8) is 0 Å². The molecule has 1 atom stereocenters. The molecule has 0 radical (unpaired) electrons. The number of likely N-dealkylation sites (N-methyl/N-ethyl adjacent to an activating group) is 1. The highest BCUT2D eigenvalue weighted by Crippen LogP contribution is 2.18. The van der Waals surface area contributed by atoms with Crippen LogP contribution in [0.1, 0.15) is 102 Å². The predicted molar refractivity (Wildman–Crippen MR) is 174 cm³/mol. The molecule has 0 aliphatic rings. The highest BCUT2D eigenvalue weighted by Gasteiger charge is 2.35. The van der Waals surface area contributed by atoms with Crippen molar-refractivity contribution in [2.24, 2.45) is 17.8 Å². The zero-order valence-corrected chi connectivity index (χ0v) is 29.9. The van der Waals surface area contributed by atoms with E-state index in [9.17, 15) is 19.2 Å². The molecule has 0 spiro atoms. The van der Waals surface area contributed by atoms with E-state index in [0.717, 1.165) is 0 Å². The third kappa shape index (κ3) is 17.7. The third-order valence-corrected chi connectivity index (χ3v) is 7.87. The number of hydrogen-bond donors (Lipinski definition) is 1. The predicted octanol–water partition coefficient (Wildman–Crippen LogP) is 4.65. The molecule has 1 N–H and O–H groups in total. The minimum absolute atomic E-state index is 0.0296. The summed E-state index contributed by atoms with van der Waals surface area (Å²) in [6.45, 7) is 22.5. The topological polar surface area (TPSA) is 120 Å². The Morgan fingerprint density at radius 1 is 0.636 bits per heavy atom. The second kappa shape index (κ2) is 21.1. The van der Waals surface area contributed by atoms with Crippen molar-refractivity contribution in [3.8, 4) is 0 Å². The first-order valence-electron chi connectivity index (χ1n) is 16.3. The summed E-state index contributed by atoms with van der Waals surface area (Å²) in [6, 6.07) is 0.343. The average Bonchev–Trinajstić information content (AvgIpc) is 2.93. The summed E-state index contributed by atoms with van der Waals surface area (Å²) in [5.41, 5.74) is -1.32. The normalized spacial score (nSPS) is 13.4. The molecule has 0 aromatic carbocycles. The lowest BCUT2D eigenvalue weighted by Crippen LogP contribution is -2.59. The maximum absolute atomic E-state index is 13.4. The van der Waals surface area contributed by atoms with Crippen LogP contribution >= 0.6 is 0 Å². The number of Topliss-reactive ketones (excluding diaryl/α,β-unsaturated/α-hetero) is 3. The zero-order chi connectivity index (χ0) is 34.1. The van der Waals surface area contributed by atoms with E-state index in [-0.39, 0.29) is 118 Å². The second-order valence-corrected chi connectivity index (χ2v) is 13.9. The number of ketones is 3. The van der Waals surface area contributed by atoms with Gasteiger partial charge in [-0.2, -0.15) is 0 Å². The molecule has 0 aliphatic heterocycles. The third-order valence-electron chi connectivity index (χ3n) is 7.87. The van der Waals surface area contributed by atoms with E-state index in [2.05, 4.69) is 45.0 Å². The Labute approximate surface area is 267 Å². The Kier molecular flexibility index (Phi) is 20.3. The van der Waals surface area contributed by atoms with Gasteiger partial charge >= 0.3 is 0 Å². The molecule has 0 saturated heterocycles. The lowest BCUT2D eigenvalue weighted by atomic mass is 10.0. The van der Waals surface area contributed by atoms with Gasteiger partial charge in [0.1, 0.15) is 22.9 Å². The summed E-state index contributed by atoms with van der Waals surface area (Å²) in [5.74, 6) is -0.302. The molecule has 44 heavy (non-hydrogen) atoms. The van der Waals surface area contributed by atoms with Crippen molar-refractivity contribution < 1.29 is 38.1 Å². The Morgan fingerprint density at radius 3 is 1.32 bits per heavy atom. The van der Waals surface area contributed by atoms with E-state index in [4.69, 9.17) is 18.9 Å². The molecule has 10 heteroatoms. The van der Waals surface area contributed by atoms with Crippen LogP contribution in [0.25, 0.3) is 0 Å². The maximum atomic E-state index is 13.4. The number of nitrogens with zero attached hydrogens (tertiary/aromatic N) is 1. The lowest BCUT2D eigenvalue weighted by molar-refractivity contribution is -0.133. The standard InChI is InChI=1S/C34H64N2O8/c1-24(2)29(37)13-16-41-21-34(22-42-17-14-30(38)25(3)4,23-43-18-15-31(39)26(5)6)35-32(40)19-28(9)44-20-33(10,11)36(12)27(7)8/h24-28H,13-23H2,1-12H3,(H,35,40). The van der Waals surface area contributed by atoms with E-state index in [0.29, 0.717) is 12.6 Å². The van der Waals surface area contributed by atoms with Crippen molar-refractivity contribution in [3.05, 3.63) is 0 Å². The molecule has 0 aliphatic carbocycles. The number of rotatable bonds is 26. The average molecular weight is 629 g/mol. The summed E-state index contributed by atoms with van der Waals surface area (Å²) in [7, 11) is 2.05. The summed E-state index contributed by atoms with van der Waals surface area (Å²) in [5, 5.41) is 3.07. The SMILES string of the molecule is CC(CC(=O)NC(COCCC(=O)C(C)C)(COCCC(=O)C(C)C)COCCC(=O)C(C)C)OCC(C)(C)N(C)C(C)C. The van der Waals surface area contributed by atoms with E-state index < -0.39 is 5.54 Å². The van der Waals surface area contributed by atoms with Gasteiger partial charge < -0.3 is 24.3 Å². The number of nitrogens with one attached hydrogen (secondary N) is 1. The summed E-state index contributed by atoms with van der Waals surface area (Å²) in [4.78, 5) is 52.1. The zero-order valence-electron chi connectivity index (χ0n) is 29.9. The van der Waals surface area contributed by atoms with E-state index >= 15 is 0 Å². The number of carbonyl (C=O) groups excluding carboxylic acids is 4. The fourth-order valence-electron chi connectivity index (χ4n) is 4.23. The molecule has 1 unspecified atom stereocenters. The van der Waals surface area contributed by atoms with Gasteiger partial charge in [-0.3, -0.25) is 24.1 Å². The van der Waals surface area contributed by atoms with Crippen LogP contribution in [0.15, 0.2) is 0 Å². The molecule has 10 nitrogen and oxygen atoms in total. The first kappa shape index (κ1) is 42.3. The van der Waals surface area contributed by atoms with Crippen LogP contribution in [0.2, 0.25) is 0 Å². The van der Waals surface area contributed by atoms with Gasteiger partial charge in [0.05, 0.1) is 58.8 Å². The number of hydrogen-bond acceptors (Lipinski definition) is 9. The summed E-state index contributed by atoms with van der Waals surface area (Å²) >= 11 is 0. The fraction of sp³-hybridized carbons (Fsp3) is 0.882. The van der Waals surface area contributed by atoms with E-state index in [1.165, 1.54) is 0 Å². The van der Waals surface area contributed by atoms with Crippen molar-refractivity contribution >= 4 is 23.3 Å². The molecule has 1 amide bonds. The highest BCUT2D eigenvalue weighted by atomic mass is 16.5. The number of amides is 1. The van der Waals surface area contributed by atoms with Crippen LogP contribution in [0.5, 0.6) is 0 Å². The van der Waals surface area contributed by atoms with E-state index in [1.807, 2.05) is 48.5 Å². The molecule has 0 fully saturated rings. The smallest absolute Gasteiger partial charge is 0.223 e. The van der Waals surface area contributed by atoms with Crippen LogP contribution in [0, 0.1) is 17.8 Å².